The Hall–Kier alpha value is -3.29. The van der Waals surface area contributed by atoms with E-state index in [1.165, 1.54) is 11.0 Å². The van der Waals surface area contributed by atoms with Gasteiger partial charge in [0.05, 0.1) is 11.1 Å². The predicted molar refractivity (Wildman–Crippen MR) is 108 cm³/mol. The van der Waals surface area contributed by atoms with Crippen LogP contribution in [-0.4, -0.2) is 47.8 Å². The van der Waals surface area contributed by atoms with E-state index >= 15 is 0 Å². The lowest BCUT2D eigenvalue weighted by molar-refractivity contribution is -0.137. The van der Waals surface area contributed by atoms with E-state index in [0.29, 0.717) is 35.4 Å². The number of aryl methyl sites for hydroxylation is 1. The Labute approximate surface area is 171 Å². The van der Waals surface area contributed by atoms with Gasteiger partial charge in [0.1, 0.15) is 0 Å². The predicted octanol–water partition coefficient (Wildman–Crippen LogP) is 4.03. The molecule has 0 atom stereocenters. The number of rotatable bonds is 3. The molecule has 0 bridgehead atoms. The number of fused-ring (bicyclic) bond motifs is 1. The van der Waals surface area contributed by atoms with E-state index in [-0.39, 0.29) is 13.1 Å². The molecule has 1 fully saturated rings. The number of carbonyl (C=O) groups is 2. The molecule has 2 aromatic carbocycles. The third kappa shape index (κ3) is 3.65. The van der Waals surface area contributed by atoms with Crippen LogP contribution < -0.4 is 4.90 Å². The molecule has 156 valence electrons. The number of nitrogens with zero attached hydrogens (tertiary/aromatic N) is 2. The number of H-pyrrole nitrogens is 1. The van der Waals surface area contributed by atoms with Gasteiger partial charge in [-0.25, -0.2) is 0 Å². The molecule has 2 heterocycles. The van der Waals surface area contributed by atoms with Crippen molar-refractivity contribution in [1.82, 2.24) is 9.88 Å². The number of hydrogen-bond donors (Lipinski definition) is 1. The normalized spacial score (nSPS) is 14.9. The van der Waals surface area contributed by atoms with Gasteiger partial charge in [-0.15, -0.1) is 0 Å². The van der Waals surface area contributed by atoms with Gasteiger partial charge < -0.3 is 14.8 Å². The molecule has 0 radical (unpaired) electrons. The van der Waals surface area contributed by atoms with Crippen LogP contribution in [-0.2, 0) is 11.0 Å². The number of para-hydroxylation sites is 1. The third-order valence-corrected chi connectivity index (χ3v) is 5.42. The summed E-state index contributed by atoms with van der Waals surface area (Å²) in [4.78, 5) is 32.1. The quantitative estimate of drug-likeness (QED) is 0.519. The van der Waals surface area contributed by atoms with Gasteiger partial charge in [0, 0.05) is 48.5 Å². The summed E-state index contributed by atoms with van der Waals surface area (Å²) in [6, 6.07) is 12.4. The molecule has 3 aromatic rings. The number of halogens is 3. The van der Waals surface area contributed by atoms with Crippen molar-refractivity contribution in [2.75, 3.05) is 31.1 Å². The summed E-state index contributed by atoms with van der Waals surface area (Å²) in [5.74, 6) is -1.16. The molecular formula is C22H20F3N3O2. The smallest absolute Gasteiger partial charge is 0.368 e. The molecule has 0 saturated carbocycles. The van der Waals surface area contributed by atoms with Crippen LogP contribution in [0.4, 0.5) is 18.9 Å². The van der Waals surface area contributed by atoms with E-state index in [2.05, 4.69) is 4.98 Å². The molecule has 30 heavy (non-hydrogen) atoms. The van der Waals surface area contributed by atoms with Gasteiger partial charge in [0.2, 0.25) is 0 Å². The number of piperazine rings is 1. The molecule has 1 amide bonds. The van der Waals surface area contributed by atoms with E-state index in [4.69, 9.17) is 0 Å². The number of benzene rings is 2. The Morgan fingerprint density at radius 3 is 2.37 bits per heavy atom. The molecular weight excluding hydrogens is 395 g/mol. The zero-order chi connectivity index (χ0) is 21.5. The lowest BCUT2D eigenvalue weighted by atomic mass is 10.1. The van der Waals surface area contributed by atoms with Crippen LogP contribution in [0.15, 0.2) is 48.5 Å². The summed E-state index contributed by atoms with van der Waals surface area (Å²) in [5.41, 5.74) is 1.55. The second kappa shape index (κ2) is 7.51. The van der Waals surface area contributed by atoms with Crippen LogP contribution >= 0.6 is 0 Å². The number of hydrogen-bond acceptors (Lipinski definition) is 3. The number of alkyl halides is 3. The van der Waals surface area contributed by atoms with Crippen molar-refractivity contribution in [2.24, 2.45) is 0 Å². The average Bonchev–Trinajstić information content (AvgIpc) is 3.08. The number of carbonyl (C=O) groups excluding carboxylic acids is 2. The van der Waals surface area contributed by atoms with Crippen LogP contribution in [0.25, 0.3) is 10.9 Å². The van der Waals surface area contributed by atoms with E-state index in [9.17, 15) is 22.8 Å². The number of anilines is 1. The van der Waals surface area contributed by atoms with Gasteiger partial charge in [-0.2, -0.15) is 13.2 Å². The number of Topliss-reactive ketones (excluding diaryl/α,β-unsaturated/α-hetero) is 1. The first-order valence-corrected chi connectivity index (χ1v) is 9.59. The summed E-state index contributed by atoms with van der Waals surface area (Å²) in [5, 5.41) is 0.705. The molecule has 0 aliphatic carbocycles. The Bertz CT molecular complexity index is 1110. The van der Waals surface area contributed by atoms with Crippen molar-refractivity contribution < 1.29 is 22.8 Å². The fraction of sp³-hybridized carbons (Fsp3) is 0.273. The average molecular weight is 415 g/mol. The van der Waals surface area contributed by atoms with Gasteiger partial charge in [0.15, 0.2) is 0 Å². The fourth-order valence-electron chi connectivity index (χ4n) is 3.87. The first-order chi connectivity index (χ1) is 14.3. The molecule has 0 unspecified atom stereocenters. The van der Waals surface area contributed by atoms with Crippen molar-refractivity contribution in [1.29, 1.82) is 0 Å². The summed E-state index contributed by atoms with van der Waals surface area (Å²) in [6.07, 6.45) is -4.41. The van der Waals surface area contributed by atoms with Crippen LogP contribution in [0.1, 0.15) is 21.6 Å². The minimum atomic E-state index is -4.41. The maximum atomic E-state index is 13.0. The zero-order valence-electron chi connectivity index (χ0n) is 16.3. The Kier molecular flexibility index (Phi) is 5.01. The van der Waals surface area contributed by atoms with Gasteiger partial charge >= 0.3 is 6.18 Å². The van der Waals surface area contributed by atoms with Crippen molar-refractivity contribution in [3.05, 3.63) is 65.4 Å². The van der Waals surface area contributed by atoms with Crippen molar-refractivity contribution >= 4 is 28.3 Å². The van der Waals surface area contributed by atoms with E-state index in [1.54, 1.807) is 24.0 Å². The Morgan fingerprint density at radius 1 is 0.967 bits per heavy atom. The molecule has 5 nitrogen and oxygen atoms in total. The van der Waals surface area contributed by atoms with Gasteiger partial charge in [-0.1, -0.05) is 24.3 Å². The first-order valence-electron chi connectivity index (χ1n) is 9.59. The maximum absolute atomic E-state index is 13.0. The standard InChI is InChI=1S/C22H20F3N3O2/c1-14-19(17-7-2-3-8-18(17)26-14)20(29)21(30)28-11-9-27(10-12-28)16-6-4-5-15(13-16)22(23,24)25/h2-8,13,26H,9-12H2,1H3. The first kappa shape index (κ1) is 20.0. The second-order valence-corrected chi connectivity index (χ2v) is 7.33. The summed E-state index contributed by atoms with van der Waals surface area (Å²) in [6.45, 7) is 3.00. The maximum Gasteiger partial charge on any atom is 0.416 e. The van der Waals surface area contributed by atoms with Gasteiger partial charge in [0.25, 0.3) is 11.7 Å². The highest BCUT2D eigenvalue weighted by Crippen LogP contribution is 2.32. The minimum Gasteiger partial charge on any atom is -0.368 e. The van der Waals surface area contributed by atoms with Crippen LogP contribution in [0.5, 0.6) is 0 Å². The largest absolute Gasteiger partial charge is 0.416 e. The van der Waals surface area contributed by atoms with Crippen molar-refractivity contribution in [2.45, 2.75) is 13.1 Å². The number of aromatic amines is 1. The lowest BCUT2D eigenvalue weighted by Gasteiger charge is -2.36. The van der Waals surface area contributed by atoms with Crippen LogP contribution in [0.2, 0.25) is 0 Å². The summed E-state index contributed by atoms with van der Waals surface area (Å²) < 4.78 is 38.9. The monoisotopic (exact) mass is 415 g/mol. The highest BCUT2D eigenvalue weighted by molar-refractivity contribution is 6.45. The highest BCUT2D eigenvalue weighted by Gasteiger charge is 2.32. The lowest BCUT2D eigenvalue weighted by Crippen LogP contribution is -2.50. The molecule has 0 spiro atoms. The van der Waals surface area contributed by atoms with Crippen LogP contribution in [0.3, 0.4) is 0 Å². The van der Waals surface area contributed by atoms with Crippen LogP contribution in [0, 0.1) is 6.92 Å². The number of ketones is 1. The molecule has 1 aromatic heterocycles. The summed E-state index contributed by atoms with van der Waals surface area (Å²) >= 11 is 0. The molecule has 1 saturated heterocycles. The Morgan fingerprint density at radius 2 is 1.67 bits per heavy atom. The number of aromatic nitrogens is 1. The second-order valence-electron chi connectivity index (χ2n) is 7.33. The molecule has 1 N–H and O–H groups in total. The third-order valence-electron chi connectivity index (χ3n) is 5.42. The van der Waals surface area contributed by atoms with Gasteiger partial charge in [-0.05, 0) is 31.2 Å². The number of amides is 1. The van der Waals surface area contributed by atoms with E-state index < -0.39 is 23.4 Å². The highest BCUT2D eigenvalue weighted by atomic mass is 19.4. The SMILES string of the molecule is Cc1[nH]c2ccccc2c1C(=O)C(=O)N1CCN(c2cccc(C(F)(F)F)c2)CC1. The minimum absolute atomic E-state index is 0.266. The summed E-state index contributed by atoms with van der Waals surface area (Å²) in [7, 11) is 0. The molecule has 8 heteroatoms. The number of nitrogens with one attached hydrogen (secondary N) is 1. The van der Waals surface area contributed by atoms with Gasteiger partial charge in [-0.3, -0.25) is 9.59 Å². The topological polar surface area (TPSA) is 56.4 Å². The zero-order valence-corrected chi connectivity index (χ0v) is 16.3. The molecule has 1 aliphatic heterocycles. The van der Waals surface area contributed by atoms with Crippen molar-refractivity contribution in [3.8, 4) is 0 Å². The van der Waals surface area contributed by atoms with Crippen molar-refractivity contribution in [3.63, 3.8) is 0 Å². The molecule has 1 aliphatic rings. The van der Waals surface area contributed by atoms with E-state index in [1.807, 2.05) is 18.2 Å². The van der Waals surface area contributed by atoms with E-state index in [0.717, 1.165) is 17.6 Å². The molecule has 4 rings (SSSR count). The fourth-order valence-corrected chi connectivity index (χ4v) is 3.87. The Balaban J connectivity index is 1.47.